The van der Waals surface area contributed by atoms with Crippen molar-refractivity contribution in [1.29, 1.82) is 5.26 Å². The maximum atomic E-state index is 11.0. The van der Waals surface area contributed by atoms with Gasteiger partial charge in [0.2, 0.25) is 0 Å². The lowest BCUT2D eigenvalue weighted by molar-refractivity contribution is -0.135. The van der Waals surface area contributed by atoms with Crippen LogP contribution < -0.4 is 0 Å². The zero-order valence-corrected chi connectivity index (χ0v) is 7.47. The molecule has 0 aromatic carbocycles. The Morgan fingerprint density at radius 1 is 1.64 bits per heavy atom. The number of carbonyl (C=O) groups is 1. The molecule has 0 fully saturated rings. The molecule has 1 aromatic rings. The number of ether oxygens (including phenoxy) is 1. The van der Waals surface area contributed by atoms with Crippen LogP contribution >= 0.6 is 0 Å². The molecule has 0 radical (unpaired) electrons. The monoisotopic (exact) mass is 189 g/mol. The second kappa shape index (κ2) is 4.72. The van der Waals surface area contributed by atoms with Crippen molar-refractivity contribution in [2.45, 2.75) is 0 Å². The Morgan fingerprint density at radius 3 is 2.93 bits per heavy atom. The van der Waals surface area contributed by atoms with Gasteiger partial charge in [-0.25, -0.2) is 4.79 Å². The summed E-state index contributed by atoms with van der Waals surface area (Å²) >= 11 is 0. The van der Waals surface area contributed by atoms with E-state index in [0.29, 0.717) is 5.56 Å². The lowest BCUT2D eigenvalue weighted by atomic mass is 10.2. The average molecular weight is 189 g/mol. The smallest absolute Gasteiger partial charge is 0.348 e. The molecule has 5 heteroatoms. The number of nitriles is 1. The molecule has 5 nitrogen and oxygen atoms in total. The molecule has 0 unspecified atom stereocenters. The molecule has 0 aliphatic heterocycles. The molecular formula is C9H7N3O2. The second-order valence-electron chi connectivity index (χ2n) is 2.34. The van der Waals surface area contributed by atoms with Crippen LogP contribution in [0.5, 0.6) is 0 Å². The van der Waals surface area contributed by atoms with Crippen LogP contribution in [-0.4, -0.2) is 23.3 Å². The molecule has 0 saturated heterocycles. The summed E-state index contributed by atoms with van der Waals surface area (Å²) in [7, 11) is 1.22. The fraction of sp³-hybridized carbons (Fsp3) is 0.111. The van der Waals surface area contributed by atoms with E-state index < -0.39 is 5.97 Å². The topological polar surface area (TPSA) is 75.9 Å². The number of rotatable bonds is 2. The summed E-state index contributed by atoms with van der Waals surface area (Å²) in [5.41, 5.74) is 0.558. The first-order chi connectivity index (χ1) is 6.77. The Bertz CT molecular complexity index is 392. The number of hydrogen-bond acceptors (Lipinski definition) is 5. The minimum absolute atomic E-state index is 0.0690. The third kappa shape index (κ3) is 2.38. The van der Waals surface area contributed by atoms with Crippen LogP contribution in [0.3, 0.4) is 0 Å². The predicted molar refractivity (Wildman–Crippen MR) is 47.6 cm³/mol. The van der Waals surface area contributed by atoms with Gasteiger partial charge < -0.3 is 4.74 Å². The van der Waals surface area contributed by atoms with E-state index in [1.807, 2.05) is 0 Å². The van der Waals surface area contributed by atoms with Crippen LogP contribution in [0.4, 0.5) is 0 Å². The molecule has 14 heavy (non-hydrogen) atoms. The fourth-order valence-electron chi connectivity index (χ4n) is 0.800. The lowest BCUT2D eigenvalue weighted by Crippen LogP contribution is -2.02. The maximum Gasteiger partial charge on any atom is 0.348 e. The van der Waals surface area contributed by atoms with Crippen LogP contribution in [-0.2, 0) is 9.53 Å². The molecule has 0 aliphatic rings. The van der Waals surface area contributed by atoms with Crippen molar-refractivity contribution in [1.82, 2.24) is 10.2 Å². The molecule has 0 aliphatic carbocycles. The summed E-state index contributed by atoms with van der Waals surface area (Å²) in [6.07, 6.45) is 4.30. The molecule has 1 aromatic heterocycles. The highest BCUT2D eigenvalue weighted by atomic mass is 16.5. The Kier molecular flexibility index (Phi) is 3.33. The van der Waals surface area contributed by atoms with E-state index in [1.165, 1.54) is 25.6 Å². The van der Waals surface area contributed by atoms with Gasteiger partial charge in [0, 0.05) is 0 Å². The van der Waals surface area contributed by atoms with Gasteiger partial charge in [0.1, 0.15) is 11.6 Å². The SMILES string of the molecule is COC(=O)/C(C#N)=C/c1ccnnc1. The maximum absolute atomic E-state index is 11.0. The van der Waals surface area contributed by atoms with Gasteiger partial charge in [-0.1, -0.05) is 0 Å². The summed E-state index contributed by atoms with van der Waals surface area (Å²) < 4.78 is 4.41. The summed E-state index contributed by atoms with van der Waals surface area (Å²) in [5.74, 6) is -0.663. The standard InChI is InChI=1S/C9H7N3O2/c1-14-9(13)8(5-10)4-7-2-3-11-12-6-7/h2-4,6H,1H3/b8-4+. The molecule has 0 spiro atoms. The molecule has 0 saturated carbocycles. The number of esters is 1. The third-order valence-electron chi connectivity index (χ3n) is 1.44. The first-order valence-corrected chi connectivity index (χ1v) is 3.74. The van der Waals surface area contributed by atoms with Crippen LogP contribution in [0.25, 0.3) is 6.08 Å². The largest absolute Gasteiger partial charge is 0.465 e. The molecule has 0 bridgehead atoms. The molecular weight excluding hydrogens is 182 g/mol. The van der Waals surface area contributed by atoms with Crippen molar-refractivity contribution < 1.29 is 9.53 Å². The highest BCUT2D eigenvalue weighted by molar-refractivity contribution is 5.97. The van der Waals surface area contributed by atoms with E-state index in [-0.39, 0.29) is 5.57 Å². The first kappa shape index (κ1) is 9.86. The van der Waals surface area contributed by atoms with Crippen molar-refractivity contribution in [3.8, 4) is 6.07 Å². The summed E-state index contributed by atoms with van der Waals surface area (Å²) in [6, 6.07) is 3.37. The molecule has 0 N–H and O–H groups in total. The zero-order valence-electron chi connectivity index (χ0n) is 7.47. The van der Waals surface area contributed by atoms with Crippen LogP contribution in [0.1, 0.15) is 5.56 Å². The Hall–Kier alpha value is -2.22. The number of methoxy groups -OCH3 is 1. The van der Waals surface area contributed by atoms with Gasteiger partial charge in [-0.3, -0.25) is 0 Å². The quantitative estimate of drug-likeness (QED) is 0.386. The van der Waals surface area contributed by atoms with Crippen molar-refractivity contribution in [3.63, 3.8) is 0 Å². The summed E-state index contributed by atoms with van der Waals surface area (Å²) in [6.45, 7) is 0. The Balaban J connectivity index is 2.97. The fourth-order valence-corrected chi connectivity index (χ4v) is 0.800. The number of aromatic nitrogens is 2. The van der Waals surface area contributed by atoms with E-state index in [4.69, 9.17) is 5.26 Å². The van der Waals surface area contributed by atoms with Gasteiger partial charge in [-0.15, -0.1) is 0 Å². The number of nitrogens with zero attached hydrogens (tertiary/aromatic N) is 3. The highest BCUT2D eigenvalue weighted by Crippen LogP contribution is 2.04. The van der Waals surface area contributed by atoms with E-state index in [2.05, 4.69) is 14.9 Å². The third-order valence-corrected chi connectivity index (χ3v) is 1.44. The van der Waals surface area contributed by atoms with Gasteiger partial charge >= 0.3 is 5.97 Å². The van der Waals surface area contributed by atoms with E-state index in [0.717, 1.165) is 0 Å². The summed E-state index contributed by atoms with van der Waals surface area (Å²) in [4.78, 5) is 11.0. The van der Waals surface area contributed by atoms with Gasteiger partial charge in [0.25, 0.3) is 0 Å². The lowest BCUT2D eigenvalue weighted by Gasteiger charge is -1.95. The zero-order chi connectivity index (χ0) is 10.4. The van der Waals surface area contributed by atoms with Gasteiger partial charge in [0.05, 0.1) is 19.5 Å². The Labute approximate surface area is 80.6 Å². The van der Waals surface area contributed by atoms with Crippen LogP contribution in [0, 0.1) is 11.3 Å². The minimum atomic E-state index is -0.663. The van der Waals surface area contributed by atoms with Crippen LogP contribution in [0.2, 0.25) is 0 Å². The first-order valence-electron chi connectivity index (χ1n) is 3.74. The van der Waals surface area contributed by atoms with Crippen molar-refractivity contribution in [2.75, 3.05) is 7.11 Å². The van der Waals surface area contributed by atoms with Crippen molar-refractivity contribution in [2.24, 2.45) is 0 Å². The molecule has 0 amide bonds. The number of carbonyl (C=O) groups excluding carboxylic acids is 1. The molecule has 1 heterocycles. The van der Waals surface area contributed by atoms with Crippen molar-refractivity contribution >= 4 is 12.0 Å². The second-order valence-corrected chi connectivity index (χ2v) is 2.34. The van der Waals surface area contributed by atoms with Gasteiger partial charge in [-0.2, -0.15) is 15.5 Å². The average Bonchev–Trinajstić information content (AvgIpc) is 2.26. The van der Waals surface area contributed by atoms with Gasteiger partial charge in [0.15, 0.2) is 0 Å². The van der Waals surface area contributed by atoms with E-state index in [1.54, 1.807) is 12.1 Å². The Morgan fingerprint density at radius 2 is 2.43 bits per heavy atom. The predicted octanol–water partition coefficient (Wildman–Crippen LogP) is 0.557. The summed E-state index contributed by atoms with van der Waals surface area (Å²) in [5, 5.41) is 15.8. The van der Waals surface area contributed by atoms with Gasteiger partial charge in [-0.05, 0) is 17.7 Å². The number of hydrogen-bond donors (Lipinski definition) is 0. The highest BCUT2D eigenvalue weighted by Gasteiger charge is 2.07. The molecule has 0 atom stereocenters. The van der Waals surface area contributed by atoms with Crippen molar-refractivity contribution in [3.05, 3.63) is 29.6 Å². The van der Waals surface area contributed by atoms with E-state index in [9.17, 15) is 4.79 Å². The van der Waals surface area contributed by atoms with E-state index >= 15 is 0 Å². The molecule has 1 rings (SSSR count). The molecule has 70 valence electrons. The minimum Gasteiger partial charge on any atom is -0.465 e. The van der Waals surface area contributed by atoms with Crippen LogP contribution in [0.15, 0.2) is 24.0 Å². The normalized spacial score (nSPS) is 10.4.